The first-order chi connectivity index (χ1) is 8.88. The normalized spacial score (nSPS) is 19.1. The van der Waals surface area contributed by atoms with Crippen molar-refractivity contribution in [2.24, 2.45) is 5.92 Å². The predicted octanol–water partition coefficient (Wildman–Crippen LogP) is 1.78. The van der Waals surface area contributed by atoms with Crippen molar-refractivity contribution in [3.63, 3.8) is 0 Å². The van der Waals surface area contributed by atoms with E-state index >= 15 is 0 Å². The van der Waals surface area contributed by atoms with Crippen molar-refractivity contribution in [3.05, 3.63) is 29.8 Å². The third-order valence-corrected chi connectivity index (χ3v) is 2.84. The molecule has 0 aliphatic carbocycles. The van der Waals surface area contributed by atoms with Crippen LogP contribution in [-0.4, -0.2) is 18.4 Å². The number of carbonyl (C=O) groups is 2. The van der Waals surface area contributed by atoms with Crippen LogP contribution in [0.5, 0.6) is 0 Å². The van der Waals surface area contributed by atoms with Crippen LogP contribution < -0.4 is 10.6 Å². The van der Waals surface area contributed by atoms with Gasteiger partial charge in [0.05, 0.1) is 17.2 Å². The number of amides is 2. The van der Waals surface area contributed by atoms with Crippen LogP contribution >= 0.6 is 0 Å². The first-order valence-corrected chi connectivity index (χ1v) is 5.61. The van der Waals surface area contributed by atoms with E-state index in [-0.39, 0.29) is 24.6 Å². The number of nitrogens with one attached hydrogen (secondary N) is 2. The van der Waals surface area contributed by atoms with Gasteiger partial charge < -0.3 is 10.6 Å². The van der Waals surface area contributed by atoms with Gasteiger partial charge in [0.25, 0.3) is 0 Å². The molecule has 1 heterocycles. The molecule has 1 atom stereocenters. The van der Waals surface area contributed by atoms with Crippen molar-refractivity contribution in [1.29, 1.82) is 0 Å². The van der Waals surface area contributed by atoms with Crippen LogP contribution in [0, 0.1) is 5.92 Å². The number of anilines is 1. The number of alkyl halides is 3. The van der Waals surface area contributed by atoms with Crippen molar-refractivity contribution in [2.45, 2.75) is 12.6 Å². The van der Waals surface area contributed by atoms with E-state index in [0.29, 0.717) is 0 Å². The molecule has 2 rings (SSSR count). The molecular formula is C12H11F3N2O2. The fourth-order valence-corrected chi connectivity index (χ4v) is 1.86. The van der Waals surface area contributed by atoms with Gasteiger partial charge in [-0.2, -0.15) is 13.2 Å². The minimum atomic E-state index is -4.53. The number of carbonyl (C=O) groups excluding carboxylic acids is 2. The first-order valence-electron chi connectivity index (χ1n) is 5.61. The van der Waals surface area contributed by atoms with Crippen molar-refractivity contribution in [1.82, 2.24) is 5.32 Å². The Bertz CT molecular complexity index is 514. The summed E-state index contributed by atoms with van der Waals surface area (Å²) >= 11 is 0. The molecule has 102 valence electrons. The lowest BCUT2D eigenvalue weighted by Crippen LogP contribution is -2.26. The molecule has 4 nitrogen and oxygen atoms in total. The van der Waals surface area contributed by atoms with Gasteiger partial charge in [0.15, 0.2) is 0 Å². The Balaban J connectivity index is 2.15. The van der Waals surface area contributed by atoms with Gasteiger partial charge in [-0.3, -0.25) is 9.59 Å². The van der Waals surface area contributed by atoms with Crippen molar-refractivity contribution in [2.75, 3.05) is 11.9 Å². The summed E-state index contributed by atoms with van der Waals surface area (Å²) in [5.41, 5.74) is -1.19. The van der Waals surface area contributed by atoms with E-state index in [1.54, 1.807) is 0 Å². The van der Waals surface area contributed by atoms with Crippen LogP contribution in [0.2, 0.25) is 0 Å². The summed E-state index contributed by atoms with van der Waals surface area (Å²) < 4.78 is 38.2. The summed E-state index contributed by atoms with van der Waals surface area (Å²) in [7, 11) is 0. The van der Waals surface area contributed by atoms with Crippen LogP contribution in [0.4, 0.5) is 18.9 Å². The van der Waals surface area contributed by atoms with Crippen LogP contribution in [0.15, 0.2) is 24.3 Å². The van der Waals surface area contributed by atoms with Gasteiger partial charge in [0.2, 0.25) is 11.8 Å². The molecule has 2 amide bonds. The zero-order chi connectivity index (χ0) is 14.0. The van der Waals surface area contributed by atoms with Crippen LogP contribution in [0.3, 0.4) is 0 Å². The highest BCUT2D eigenvalue weighted by Crippen LogP contribution is 2.34. The van der Waals surface area contributed by atoms with Gasteiger partial charge in [-0.15, -0.1) is 0 Å². The maximum Gasteiger partial charge on any atom is 0.418 e. The second-order valence-corrected chi connectivity index (χ2v) is 4.24. The largest absolute Gasteiger partial charge is 0.418 e. The van der Waals surface area contributed by atoms with E-state index in [1.807, 2.05) is 0 Å². The Morgan fingerprint density at radius 2 is 2.00 bits per heavy atom. The van der Waals surface area contributed by atoms with Crippen molar-refractivity contribution < 1.29 is 22.8 Å². The molecule has 1 unspecified atom stereocenters. The monoisotopic (exact) mass is 272 g/mol. The number of rotatable bonds is 2. The second-order valence-electron chi connectivity index (χ2n) is 4.24. The molecule has 0 aromatic heterocycles. The lowest BCUT2D eigenvalue weighted by atomic mass is 10.1. The quantitative estimate of drug-likeness (QED) is 0.862. The van der Waals surface area contributed by atoms with Gasteiger partial charge in [-0.05, 0) is 12.1 Å². The van der Waals surface area contributed by atoms with E-state index in [9.17, 15) is 22.8 Å². The Hall–Kier alpha value is -2.05. The Kier molecular flexibility index (Phi) is 3.46. The summed E-state index contributed by atoms with van der Waals surface area (Å²) in [5, 5.41) is 4.69. The fourth-order valence-electron chi connectivity index (χ4n) is 1.86. The Morgan fingerprint density at radius 1 is 1.32 bits per heavy atom. The summed E-state index contributed by atoms with van der Waals surface area (Å²) in [4.78, 5) is 22.7. The molecule has 1 aromatic rings. The highest BCUT2D eigenvalue weighted by Gasteiger charge is 2.35. The van der Waals surface area contributed by atoms with Gasteiger partial charge >= 0.3 is 6.18 Å². The number of benzene rings is 1. The van der Waals surface area contributed by atoms with Gasteiger partial charge in [0, 0.05) is 13.0 Å². The predicted molar refractivity (Wildman–Crippen MR) is 61.2 cm³/mol. The first kappa shape index (κ1) is 13.4. The van der Waals surface area contributed by atoms with Crippen molar-refractivity contribution in [3.8, 4) is 0 Å². The second kappa shape index (κ2) is 4.91. The van der Waals surface area contributed by atoms with Gasteiger partial charge in [-0.1, -0.05) is 12.1 Å². The molecule has 1 aliphatic heterocycles. The molecule has 7 heteroatoms. The molecule has 1 saturated heterocycles. The topological polar surface area (TPSA) is 58.2 Å². The van der Waals surface area contributed by atoms with Crippen LogP contribution in [0.1, 0.15) is 12.0 Å². The van der Waals surface area contributed by atoms with Crippen LogP contribution in [-0.2, 0) is 15.8 Å². The zero-order valence-corrected chi connectivity index (χ0v) is 9.75. The standard InChI is InChI=1S/C12H11F3N2O2/c13-12(14,15)8-3-1-2-4-9(8)17-11(19)7-5-10(18)16-6-7/h1-4,7H,5-6H2,(H,16,18)(H,17,19). The molecule has 0 spiro atoms. The summed E-state index contributed by atoms with van der Waals surface area (Å²) in [6.07, 6.45) is -4.53. The maximum atomic E-state index is 12.7. The van der Waals surface area contributed by atoms with Crippen LogP contribution in [0.25, 0.3) is 0 Å². The number of hydrogen-bond donors (Lipinski definition) is 2. The van der Waals surface area contributed by atoms with Crippen molar-refractivity contribution >= 4 is 17.5 Å². The smallest absolute Gasteiger partial charge is 0.355 e. The third kappa shape index (κ3) is 3.04. The van der Waals surface area contributed by atoms with E-state index in [1.165, 1.54) is 18.2 Å². The number of halogens is 3. The number of hydrogen-bond acceptors (Lipinski definition) is 2. The average molecular weight is 272 g/mol. The zero-order valence-electron chi connectivity index (χ0n) is 9.75. The molecule has 19 heavy (non-hydrogen) atoms. The average Bonchev–Trinajstić information content (AvgIpc) is 2.75. The lowest BCUT2D eigenvalue weighted by molar-refractivity contribution is -0.137. The minimum absolute atomic E-state index is 0.0000180. The molecule has 2 N–H and O–H groups in total. The minimum Gasteiger partial charge on any atom is -0.355 e. The third-order valence-electron chi connectivity index (χ3n) is 2.84. The molecule has 1 aromatic carbocycles. The SMILES string of the molecule is O=C1CC(C(=O)Nc2ccccc2C(F)(F)F)CN1. The Labute approximate surface area is 107 Å². The molecular weight excluding hydrogens is 261 g/mol. The highest BCUT2D eigenvalue weighted by molar-refractivity contribution is 5.97. The fraction of sp³-hybridized carbons (Fsp3) is 0.333. The number of para-hydroxylation sites is 1. The van der Waals surface area contributed by atoms with Gasteiger partial charge in [-0.25, -0.2) is 0 Å². The summed E-state index contributed by atoms with van der Waals surface area (Å²) in [6.45, 7) is 0.152. The summed E-state index contributed by atoms with van der Waals surface area (Å²) in [5.74, 6) is -1.49. The molecule has 0 radical (unpaired) electrons. The van der Waals surface area contributed by atoms with E-state index in [0.717, 1.165) is 6.07 Å². The molecule has 0 saturated carbocycles. The molecule has 1 aliphatic rings. The Morgan fingerprint density at radius 3 is 2.58 bits per heavy atom. The van der Waals surface area contributed by atoms with E-state index in [4.69, 9.17) is 0 Å². The molecule has 1 fully saturated rings. The highest BCUT2D eigenvalue weighted by atomic mass is 19.4. The van der Waals surface area contributed by atoms with Gasteiger partial charge in [0.1, 0.15) is 0 Å². The lowest BCUT2D eigenvalue weighted by Gasteiger charge is -2.15. The van der Waals surface area contributed by atoms with E-state index < -0.39 is 23.6 Å². The molecule has 0 bridgehead atoms. The summed E-state index contributed by atoms with van der Waals surface area (Å²) in [6, 6.07) is 4.74. The van der Waals surface area contributed by atoms with E-state index in [2.05, 4.69) is 10.6 Å². The maximum absolute atomic E-state index is 12.7.